The van der Waals surface area contributed by atoms with Crippen LogP contribution < -0.4 is 0 Å². The Kier molecular flexibility index (Phi) is 4.49. The van der Waals surface area contributed by atoms with Crippen molar-refractivity contribution in [2.75, 3.05) is 6.79 Å². The summed E-state index contributed by atoms with van der Waals surface area (Å²) in [6, 6.07) is 0. The topological polar surface area (TPSA) is 52.6 Å². The Hall–Kier alpha value is -1.06. The molecular formula is C5H8O4. The van der Waals surface area contributed by atoms with Gasteiger partial charge in [-0.05, 0) is 0 Å². The van der Waals surface area contributed by atoms with Crippen molar-refractivity contribution in [2.24, 2.45) is 0 Å². The molecule has 4 nitrogen and oxygen atoms in total. The molecule has 0 rings (SSSR count). The third kappa shape index (κ3) is 4.80. The highest BCUT2D eigenvalue weighted by atomic mass is 16.7. The van der Waals surface area contributed by atoms with Crippen molar-refractivity contribution < 1.29 is 19.1 Å². The summed E-state index contributed by atoms with van der Waals surface area (Å²) in [5, 5.41) is 0. The first-order chi connectivity index (χ1) is 4.31. The average Bonchev–Trinajstić information content (AvgIpc) is 1.89. The van der Waals surface area contributed by atoms with E-state index >= 15 is 0 Å². The van der Waals surface area contributed by atoms with Gasteiger partial charge in [0.1, 0.15) is 0 Å². The summed E-state index contributed by atoms with van der Waals surface area (Å²) in [5.74, 6) is -0.378. The molecule has 9 heavy (non-hydrogen) atoms. The predicted molar refractivity (Wildman–Crippen MR) is 28.4 cm³/mol. The van der Waals surface area contributed by atoms with E-state index in [4.69, 9.17) is 0 Å². The molecule has 0 atom stereocenters. The van der Waals surface area contributed by atoms with Gasteiger partial charge in [-0.2, -0.15) is 0 Å². The molecule has 0 fully saturated rings. The lowest BCUT2D eigenvalue weighted by atomic mass is 10.5. The molecule has 0 unspecified atom stereocenters. The highest BCUT2D eigenvalue weighted by Gasteiger charge is 1.94. The second-order valence-electron chi connectivity index (χ2n) is 1.25. The van der Waals surface area contributed by atoms with Crippen LogP contribution in [0, 0.1) is 0 Å². The van der Waals surface area contributed by atoms with Crippen molar-refractivity contribution in [3.05, 3.63) is 0 Å². The molecule has 0 saturated heterocycles. The lowest BCUT2D eigenvalue weighted by Gasteiger charge is -1.98. The Bertz CT molecular complexity index is 99.1. The fourth-order valence-electron chi connectivity index (χ4n) is 0.230. The maximum absolute atomic E-state index is 10.3. The fourth-order valence-corrected chi connectivity index (χ4v) is 0.230. The van der Waals surface area contributed by atoms with Crippen molar-refractivity contribution in [3.8, 4) is 0 Å². The zero-order valence-corrected chi connectivity index (χ0v) is 5.12. The quantitative estimate of drug-likeness (QED) is 0.235. The van der Waals surface area contributed by atoms with Crippen LogP contribution in [-0.4, -0.2) is 19.2 Å². The number of carbonyl (C=O) groups excluding carboxylic acids is 2. The molecular weight excluding hydrogens is 124 g/mol. The molecule has 0 aliphatic rings. The van der Waals surface area contributed by atoms with Gasteiger partial charge in [0, 0.05) is 6.42 Å². The standard InChI is InChI=1S/C5H8O4/c1-2-5(7)9-4-8-3-6/h3H,2,4H2,1H3. The molecule has 4 heteroatoms. The van der Waals surface area contributed by atoms with Gasteiger partial charge < -0.3 is 9.47 Å². The number of carbonyl (C=O) groups is 2. The first-order valence-electron chi connectivity index (χ1n) is 2.52. The largest absolute Gasteiger partial charge is 0.430 e. The Balaban J connectivity index is 3.06. The Morgan fingerprint density at radius 2 is 2.33 bits per heavy atom. The Morgan fingerprint density at radius 3 is 2.78 bits per heavy atom. The first kappa shape index (κ1) is 7.94. The lowest BCUT2D eigenvalue weighted by Crippen LogP contribution is -2.05. The first-order valence-corrected chi connectivity index (χ1v) is 2.52. The van der Waals surface area contributed by atoms with Gasteiger partial charge in [-0.15, -0.1) is 0 Å². The second-order valence-corrected chi connectivity index (χ2v) is 1.25. The van der Waals surface area contributed by atoms with Gasteiger partial charge in [-0.3, -0.25) is 9.59 Å². The molecule has 0 aliphatic heterocycles. The van der Waals surface area contributed by atoms with Crippen LogP contribution >= 0.6 is 0 Å². The molecule has 0 N–H and O–H groups in total. The normalized spacial score (nSPS) is 8.11. The summed E-state index contributed by atoms with van der Waals surface area (Å²) in [6.07, 6.45) is 0.294. The van der Waals surface area contributed by atoms with Crippen LogP contribution in [0.2, 0.25) is 0 Å². The molecule has 0 saturated carbocycles. The zero-order chi connectivity index (χ0) is 7.11. The minimum absolute atomic E-state index is 0.225. The van der Waals surface area contributed by atoms with Gasteiger partial charge in [-0.1, -0.05) is 6.92 Å². The van der Waals surface area contributed by atoms with Crippen molar-refractivity contribution >= 4 is 12.4 Å². The SMILES string of the molecule is CCC(=O)OCOC=O. The number of ether oxygens (including phenoxy) is 2. The van der Waals surface area contributed by atoms with Crippen LogP contribution in [0.3, 0.4) is 0 Å². The van der Waals surface area contributed by atoms with Crippen LogP contribution in [0.5, 0.6) is 0 Å². The van der Waals surface area contributed by atoms with Gasteiger partial charge in [0.25, 0.3) is 6.47 Å². The van der Waals surface area contributed by atoms with Crippen LogP contribution in [0.1, 0.15) is 13.3 Å². The second kappa shape index (κ2) is 5.08. The molecule has 0 aromatic rings. The molecule has 0 aromatic carbocycles. The third-order valence-electron chi connectivity index (χ3n) is 0.645. The fraction of sp³-hybridized carbons (Fsp3) is 0.600. The van der Waals surface area contributed by atoms with E-state index in [0.29, 0.717) is 6.42 Å². The van der Waals surface area contributed by atoms with E-state index in [1.165, 1.54) is 0 Å². The minimum atomic E-state index is -0.378. The number of hydrogen-bond donors (Lipinski definition) is 0. The summed E-state index contributed by atoms with van der Waals surface area (Å²) < 4.78 is 8.42. The van der Waals surface area contributed by atoms with E-state index in [-0.39, 0.29) is 19.2 Å². The maximum atomic E-state index is 10.3. The smallest absolute Gasteiger partial charge is 0.308 e. The van der Waals surface area contributed by atoms with Crippen LogP contribution in [0.4, 0.5) is 0 Å². The van der Waals surface area contributed by atoms with Gasteiger partial charge in [0.15, 0.2) is 0 Å². The van der Waals surface area contributed by atoms with Crippen molar-refractivity contribution in [1.29, 1.82) is 0 Å². The van der Waals surface area contributed by atoms with E-state index in [2.05, 4.69) is 9.47 Å². The Labute approximate surface area is 52.7 Å². The highest BCUT2D eigenvalue weighted by molar-refractivity contribution is 5.68. The van der Waals surface area contributed by atoms with E-state index in [0.717, 1.165) is 0 Å². The van der Waals surface area contributed by atoms with E-state index in [1.54, 1.807) is 6.92 Å². The zero-order valence-electron chi connectivity index (χ0n) is 5.12. The lowest BCUT2D eigenvalue weighted by molar-refractivity contribution is -0.159. The summed E-state index contributed by atoms with van der Waals surface area (Å²) in [5.41, 5.74) is 0. The molecule has 0 aliphatic carbocycles. The van der Waals surface area contributed by atoms with Crippen LogP contribution in [-0.2, 0) is 19.1 Å². The van der Waals surface area contributed by atoms with Gasteiger partial charge in [0.05, 0.1) is 0 Å². The monoisotopic (exact) mass is 132 g/mol. The van der Waals surface area contributed by atoms with E-state index in [9.17, 15) is 9.59 Å². The van der Waals surface area contributed by atoms with Crippen LogP contribution in [0.15, 0.2) is 0 Å². The molecule has 0 bridgehead atoms. The van der Waals surface area contributed by atoms with E-state index in [1.807, 2.05) is 0 Å². The Morgan fingerprint density at radius 1 is 1.67 bits per heavy atom. The summed E-state index contributed by atoms with van der Waals surface area (Å²) in [6.45, 7) is 1.60. The molecule has 0 radical (unpaired) electrons. The molecule has 0 heterocycles. The molecule has 0 spiro atoms. The predicted octanol–water partition coefficient (Wildman–Crippen LogP) is 0.0701. The average molecular weight is 132 g/mol. The van der Waals surface area contributed by atoms with Gasteiger partial charge in [0.2, 0.25) is 6.79 Å². The van der Waals surface area contributed by atoms with Gasteiger partial charge >= 0.3 is 5.97 Å². The maximum Gasteiger partial charge on any atom is 0.308 e. The number of esters is 1. The molecule has 52 valence electrons. The number of hydrogen-bond acceptors (Lipinski definition) is 4. The summed E-state index contributed by atoms with van der Waals surface area (Å²) >= 11 is 0. The minimum Gasteiger partial charge on any atom is -0.430 e. The molecule has 0 aromatic heterocycles. The van der Waals surface area contributed by atoms with Gasteiger partial charge in [-0.25, -0.2) is 0 Å². The van der Waals surface area contributed by atoms with Crippen molar-refractivity contribution in [3.63, 3.8) is 0 Å². The van der Waals surface area contributed by atoms with Crippen LogP contribution in [0.25, 0.3) is 0 Å². The summed E-state index contributed by atoms with van der Waals surface area (Å²) in [4.78, 5) is 19.7. The van der Waals surface area contributed by atoms with Crippen molar-refractivity contribution in [2.45, 2.75) is 13.3 Å². The summed E-state index contributed by atoms with van der Waals surface area (Å²) in [7, 11) is 0. The third-order valence-corrected chi connectivity index (χ3v) is 0.645. The highest BCUT2D eigenvalue weighted by Crippen LogP contribution is 1.82. The van der Waals surface area contributed by atoms with E-state index < -0.39 is 0 Å². The number of rotatable bonds is 4. The molecule has 0 amide bonds. The van der Waals surface area contributed by atoms with Crippen molar-refractivity contribution in [1.82, 2.24) is 0 Å².